The highest BCUT2D eigenvalue weighted by atomic mass is 16.5. The first-order valence-electron chi connectivity index (χ1n) is 6.50. The highest BCUT2D eigenvalue weighted by Gasteiger charge is 2.06. The van der Waals surface area contributed by atoms with Crippen LogP contribution in [0, 0.1) is 6.92 Å². The molecule has 0 fully saturated rings. The molecule has 2 N–H and O–H groups in total. The van der Waals surface area contributed by atoms with E-state index < -0.39 is 0 Å². The maximum absolute atomic E-state index is 6.22. The van der Waals surface area contributed by atoms with E-state index in [9.17, 15) is 0 Å². The molecule has 0 bridgehead atoms. The van der Waals surface area contributed by atoms with Gasteiger partial charge in [0.15, 0.2) is 0 Å². The van der Waals surface area contributed by atoms with Gasteiger partial charge in [0, 0.05) is 17.9 Å². The van der Waals surface area contributed by atoms with E-state index in [0.717, 1.165) is 29.8 Å². The fourth-order valence-electron chi connectivity index (χ4n) is 2.08. The van der Waals surface area contributed by atoms with Gasteiger partial charge in [-0.2, -0.15) is 0 Å². The van der Waals surface area contributed by atoms with Crippen LogP contribution in [0.25, 0.3) is 0 Å². The van der Waals surface area contributed by atoms with Gasteiger partial charge in [-0.15, -0.1) is 0 Å². The number of aryl methyl sites for hydroxylation is 2. The number of methoxy groups -OCH3 is 1. The number of nitrogens with zero attached hydrogens (tertiary/aromatic N) is 1. The van der Waals surface area contributed by atoms with E-state index in [2.05, 4.69) is 23.2 Å². The fourth-order valence-corrected chi connectivity index (χ4v) is 2.08. The summed E-state index contributed by atoms with van der Waals surface area (Å²) < 4.78 is 5.15. The van der Waals surface area contributed by atoms with E-state index >= 15 is 0 Å². The van der Waals surface area contributed by atoms with Gasteiger partial charge in [0.2, 0.25) is 0 Å². The van der Waals surface area contributed by atoms with Gasteiger partial charge in [0.25, 0.3) is 0 Å². The number of ether oxygens (including phenoxy) is 1. The van der Waals surface area contributed by atoms with Crippen LogP contribution in [0.3, 0.4) is 0 Å². The zero-order chi connectivity index (χ0) is 13.7. The SMILES string of the molecule is COc1ccc(CCC(N)c2ccnc(C)c2)cc1. The molecule has 1 heterocycles. The summed E-state index contributed by atoms with van der Waals surface area (Å²) in [6, 6.07) is 12.2. The molecule has 0 aliphatic heterocycles. The molecule has 0 radical (unpaired) electrons. The third-order valence-electron chi connectivity index (χ3n) is 3.25. The number of pyridine rings is 1. The van der Waals surface area contributed by atoms with E-state index in [-0.39, 0.29) is 6.04 Å². The molecule has 1 aromatic carbocycles. The second-order valence-corrected chi connectivity index (χ2v) is 4.72. The van der Waals surface area contributed by atoms with Crippen molar-refractivity contribution in [2.45, 2.75) is 25.8 Å². The van der Waals surface area contributed by atoms with Crippen LogP contribution < -0.4 is 10.5 Å². The summed E-state index contributed by atoms with van der Waals surface area (Å²) in [4.78, 5) is 4.19. The molecule has 1 aromatic heterocycles. The first-order chi connectivity index (χ1) is 9.19. The van der Waals surface area contributed by atoms with E-state index in [0.29, 0.717) is 0 Å². The summed E-state index contributed by atoms with van der Waals surface area (Å²) in [6.07, 6.45) is 3.71. The third kappa shape index (κ3) is 3.80. The molecule has 0 aliphatic rings. The van der Waals surface area contributed by atoms with Crippen molar-refractivity contribution in [3.05, 3.63) is 59.4 Å². The lowest BCUT2D eigenvalue weighted by atomic mass is 10.00. The minimum absolute atomic E-state index is 0.0591. The lowest BCUT2D eigenvalue weighted by Gasteiger charge is -2.12. The Labute approximate surface area is 114 Å². The Balaban J connectivity index is 1.94. The molecule has 0 spiro atoms. The molecular weight excluding hydrogens is 236 g/mol. The topological polar surface area (TPSA) is 48.1 Å². The average Bonchev–Trinajstić information content (AvgIpc) is 2.45. The van der Waals surface area contributed by atoms with E-state index in [4.69, 9.17) is 10.5 Å². The van der Waals surface area contributed by atoms with Crippen molar-refractivity contribution in [3.63, 3.8) is 0 Å². The summed E-state index contributed by atoms with van der Waals surface area (Å²) >= 11 is 0. The number of rotatable bonds is 5. The van der Waals surface area contributed by atoms with Crippen LogP contribution in [-0.4, -0.2) is 12.1 Å². The smallest absolute Gasteiger partial charge is 0.118 e. The minimum atomic E-state index is 0.0591. The average molecular weight is 256 g/mol. The second kappa shape index (κ2) is 6.34. The molecule has 100 valence electrons. The van der Waals surface area contributed by atoms with Crippen LogP contribution in [0.5, 0.6) is 5.75 Å². The Morgan fingerprint density at radius 2 is 1.95 bits per heavy atom. The molecule has 0 aliphatic carbocycles. The number of aromatic nitrogens is 1. The first kappa shape index (κ1) is 13.6. The summed E-state index contributed by atoms with van der Waals surface area (Å²) in [5.41, 5.74) is 9.66. The van der Waals surface area contributed by atoms with E-state index in [1.165, 1.54) is 5.56 Å². The van der Waals surface area contributed by atoms with Crippen LogP contribution >= 0.6 is 0 Å². The Morgan fingerprint density at radius 3 is 2.58 bits per heavy atom. The van der Waals surface area contributed by atoms with Crippen LogP contribution in [0.15, 0.2) is 42.6 Å². The third-order valence-corrected chi connectivity index (χ3v) is 3.25. The Morgan fingerprint density at radius 1 is 1.21 bits per heavy atom. The largest absolute Gasteiger partial charge is 0.497 e. The quantitative estimate of drug-likeness (QED) is 0.894. The van der Waals surface area contributed by atoms with Crippen LogP contribution in [0.4, 0.5) is 0 Å². The van der Waals surface area contributed by atoms with Gasteiger partial charge in [-0.1, -0.05) is 12.1 Å². The highest BCUT2D eigenvalue weighted by Crippen LogP contribution is 2.18. The minimum Gasteiger partial charge on any atom is -0.497 e. The van der Waals surface area contributed by atoms with Crippen molar-refractivity contribution < 1.29 is 4.74 Å². The number of hydrogen-bond donors (Lipinski definition) is 1. The second-order valence-electron chi connectivity index (χ2n) is 4.72. The lowest BCUT2D eigenvalue weighted by Crippen LogP contribution is -2.11. The molecule has 1 unspecified atom stereocenters. The summed E-state index contributed by atoms with van der Waals surface area (Å²) in [6.45, 7) is 1.99. The van der Waals surface area contributed by atoms with Crippen molar-refractivity contribution in [2.75, 3.05) is 7.11 Å². The van der Waals surface area contributed by atoms with Gasteiger partial charge in [0.1, 0.15) is 5.75 Å². The van der Waals surface area contributed by atoms with Crippen molar-refractivity contribution in [1.82, 2.24) is 4.98 Å². The molecule has 0 saturated carbocycles. The standard InChI is InChI=1S/C16H20N2O/c1-12-11-14(9-10-18-12)16(17)8-5-13-3-6-15(19-2)7-4-13/h3-4,6-7,9-11,16H,5,8,17H2,1-2H3. The molecule has 3 nitrogen and oxygen atoms in total. The Hall–Kier alpha value is -1.87. The number of nitrogens with two attached hydrogens (primary N) is 1. The lowest BCUT2D eigenvalue weighted by molar-refractivity contribution is 0.414. The van der Waals surface area contributed by atoms with Crippen LogP contribution in [0.1, 0.15) is 29.3 Å². The number of hydrogen-bond acceptors (Lipinski definition) is 3. The van der Waals surface area contributed by atoms with Gasteiger partial charge in [-0.25, -0.2) is 0 Å². The predicted octanol–water partition coefficient (Wildman–Crippen LogP) is 3.03. The van der Waals surface area contributed by atoms with Gasteiger partial charge in [0.05, 0.1) is 7.11 Å². The number of benzene rings is 1. The monoisotopic (exact) mass is 256 g/mol. The molecule has 2 rings (SSSR count). The fraction of sp³-hybridized carbons (Fsp3) is 0.312. The Bertz CT molecular complexity index is 523. The molecule has 2 aromatic rings. The van der Waals surface area contributed by atoms with E-state index in [1.807, 2.05) is 31.3 Å². The van der Waals surface area contributed by atoms with Crippen molar-refractivity contribution >= 4 is 0 Å². The Kier molecular flexibility index (Phi) is 4.53. The first-order valence-corrected chi connectivity index (χ1v) is 6.50. The van der Waals surface area contributed by atoms with Gasteiger partial charge >= 0.3 is 0 Å². The predicted molar refractivity (Wildman–Crippen MR) is 77.2 cm³/mol. The van der Waals surface area contributed by atoms with E-state index in [1.54, 1.807) is 7.11 Å². The summed E-state index contributed by atoms with van der Waals surface area (Å²) in [7, 11) is 1.68. The zero-order valence-electron chi connectivity index (χ0n) is 11.5. The van der Waals surface area contributed by atoms with Gasteiger partial charge in [-0.05, 0) is 55.2 Å². The van der Waals surface area contributed by atoms with Crippen molar-refractivity contribution in [3.8, 4) is 5.75 Å². The van der Waals surface area contributed by atoms with Crippen molar-refractivity contribution in [2.24, 2.45) is 5.73 Å². The molecule has 0 saturated heterocycles. The molecule has 1 atom stereocenters. The highest BCUT2D eigenvalue weighted by molar-refractivity contribution is 5.27. The normalized spacial score (nSPS) is 12.2. The van der Waals surface area contributed by atoms with Crippen LogP contribution in [0.2, 0.25) is 0 Å². The summed E-state index contributed by atoms with van der Waals surface area (Å²) in [5, 5.41) is 0. The van der Waals surface area contributed by atoms with Crippen LogP contribution in [-0.2, 0) is 6.42 Å². The van der Waals surface area contributed by atoms with Gasteiger partial charge in [-0.3, -0.25) is 4.98 Å². The van der Waals surface area contributed by atoms with Crippen molar-refractivity contribution in [1.29, 1.82) is 0 Å². The molecule has 19 heavy (non-hydrogen) atoms. The van der Waals surface area contributed by atoms with Gasteiger partial charge < -0.3 is 10.5 Å². The maximum atomic E-state index is 6.22. The molecular formula is C16H20N2O. The molecule has 0 amide bonds. The maximum Gasteiger partial charge on any atom is 0.118 e. The molecule has 3 heteroatoms. The summed E-state index contributed by atoms with van der Waals surface area (Å²) in [5.74, 6) is 0.887. The zero-order valence-corrected chi connectivity index (χ0v) is 11.5.